The Morgan fingerprint density at radius 2 is 2.05 bits per heavy atom. The molecule has 3 rings (SSSR count). The van der Waals surface area contributed by atoms with Crippen molar-refractivity contribution in [3.8, 4) is 5.75 Å². The highest BCUT2D eigenvalue weighted by atomic mass is 16.5. The molecular weight excluding hydrogens is 270 g/mol. The molecule has 2 aromatic rings. The van der Waals surface area contributed by atoms with Gasteiger partial charge in [0, 0.05) is 19.7 Å². The van der Waals surface area contributed by atoms with E-state index in [1.54, 1.807) is 7.11 Å². The first-order valence-corrected chi connectivity index (χ1v) is 7.08. The van der Waals surface area contributed by atoms with Crippen LogP contribution in [0, 0.1) is 0 Å². The van der Waals surface area contributed by atoms with E-state index < -0.39 is 0 Å². The van der Waals surface area contributed by atoms with Crippen LogP contribution in [0.5, 0.6) is 5.75 Å². The average Bonchev–Trinajstić information content (AvgIpc) is 2.81. The SMILES string of the molecule is COc1ccc(Cn2nnnc2N2CCCOCC2)cc1. The summed E-state index contributed by atoms with van der Waals surface area (Å²) in [5.41, 5.74) is 1.13. The van der Waals surface area contributed by atoms with E-state index in [-0.39, 0.29) is 0 Å². The van der Waals surface area contributed by atoms with E-state index in [1.807, 2.05) is 28.9 Å². The molecule has 1 aromatic carbocycles. The molecule has 0 aliphatic carbocycles. The first-order valence-electron chi connectivity index (χ1n) is 7.08. The van der Waals surface area contributed by atoms with Crippen LogP contribution >= 0.6 is 0 Å². The molecule has 1 aromatic heterocycles. The van der Waals surface area contributed by atoms with Crippen molar-refractivity contribution >= 4 is 5.95 Å². The van der Waals surface area contributed by atoms with Crippen molar-refractivity contribution in [2.75, 3.05) is 38.3 Å². The van der Waals surface area contributed by atoms with Crippen LogP contribution in [0.15, 0.2) is 24.3 Å². The Morgan fingerprint density at radius 3 is 2.86 bits per heavy atom. The fourth-order valence-electron chi connectivity index (χ4n) is 2.38. The summed E-state index contributed by atoms with van der Waals surface area (Å²) in [7, 11) is 1.66. The van der Waals surface area contributed by atoms with Gasteiger partial charge in [0.15, 0.2) is 0 Å². The number of benzene rings is 1. The van der Waals surface area contributed by atoms with Crippen LogP contribution in [-0.2, 0) is 11.3 Å². The van der Waals surface area contributed by atoms with Gasteiger partial charge in [0.1, 0.15) is 5.75 Å². The molecule has 0 amide bonds. The lowest BCUT2D eigenvalue weighted by molar-refractivity contribution is 0.152. The Hall–Kier alpha value is -2.15. The van der Waals surface area contributed by atoms with Gasteiger partial charge >= 0.3 is 0 Å². The zero-order valence-corrected chi connectivity index (χ0v) is 12.1. The normalized spacial score (nSPS) is 15.8. The van der Waals surface area contributed by atoms with Crippen molar-refractivity contribution in [3.63, 3.8) is 0 Å². The minimum Gasteiger partial charge on any atom is -0.497 e. The summed E-state index contributed by atoms with van der Waals surface area (Å²) in [6, 6.07) is 7.93. The topological polar surface area (TPSA) is 65.3 Å². The Labute approximate surface area is 123 Å². The molecule has 0 unspecified atom stereocenters. The molecule has 2 heterocycles. The third-order valence-corrected chi connectivity index (χ3v) is 3.51. The van der Waals surface area contributed by atoms with E-state index in [9.17, 15) is 0 Å². The van der Waals surface area contributed by atoms with E-state index >= 15 is 0 Å². The third kappa shape index (κ3) is 3.30. The maximum Gasteiger partial charge on any atom is 0.245 e. The smallest absolute Gasteiger partial charge is 0.245 e. The van der Waals surface area contributed by atoms with Crippen molar-refractivity contribution < 1.29 is 9.47 Å². The maximum atomic E-state index is 5.47. The predicted octanol–water partition coefficient (Wildman–Crippen LogP) is 0.957. The van der Waals surface area contributed by atoms with E-state index in [0.29, 0.717) is 6.54 Å². The fourth-order valence-corrected chi connectivity index (χ4v) is 2.38. The van der Waals surface area contributed by atoms with Gasteiger partial charge < -0.3 is 14.4 Å². The van der Waals surface area contributed by atoms with E-state index in [4.69, 9.17) is 9.47 Å². The highest BCUT2D eigenvalue weighted by molar-refractivity contribution is 5.31. The van der Waals surface area contributed by atoms with Crippen molar-refractivity contribution in [1.82, 2.24) is 20.2 Å². The number of hydrogen-bond acceptors (Lipinski definition) is 6. The van der Waals surface area contributed by atoms with Gasteiger partial charge in [-0.2, -0.15) is 0 Å². The zero-order chi connectivity index (χ0) is 14.5. The summed E-state index contributed by atoms with van der Waals surface area (Å²) < 4.78 is 12.5. The molecular formula is C14H19N5O2. The van der Waals surface area contributed by atoms with Gasteiger partial charge in [-0.3, -0.25) is 0 Å². The molecule has 0 spiro atoms. The number of ether oxygens (including phenoxy) is 2. The zero-order valence-electron chi connectivity index (χ0n) is 12.1. The number of methoxy groups -OCH3 is 1. The van der Waals surface area contributed by atoms with Crippen molar-refractivity contribution in [1.29, 1.82) is 0 Å². The number of tetrazole rings is 1. The minimum absolute atomic E-state index is 0.643. The monoisotopic (exact) mass is 289 g/mol. The van der Waals surface area contributed by atoms with Gasteiger partial charge in [0.25, 0.3) is 0 Å². The largest absolute Gasteiger partial charge is 0.497 e. The fraction of sp³-hybridized carbons (Fsp3) is 0.500. The van der Waals surface area contributed by atoms with Gasteiger partial charge in [-0.25, -0.2) is 4.68 Å². The summed E-state index contributed by atoms with van der Waals surface area (Å²) in [5, 5.41) is 12.1. The summed E-state index contributed by atoms with van der Waals surface area (Å²) in [4.78, 5) is 2.18. The summed E-state index contributed by atoms with van der Waals surface area (Å²) in [6.45, 7) is 3.90. The summed E-state index contributed by atoms with van der Waals surface area (Å²) in [6.07, 6.45) is 0.995. The molecule has 0 N–H and O–H groups in total. The molecule has 1 aliphatic rings. The van der Waals surface area contributed by atoms with E-state index in [1.165, 1.54) is 0 Å². The molecule has 0 saturated carbocycles. The standard InChI is InChI=1S/C14H19N5O2/c1-20-13-5-3-12(4-6-13)11-19-14(15-16-17-19)18-7-2-9-21-10-8-18/h3-6H,2,7-11H2,1H3. The molecule has 112 valence electrons. The van der Waals surface area contributed by atoms with Crippen molar-refractivity contribution in [3.05, 3.63) is 29.8 Å². The maximum absolute atomic E-state index is 5.47. The van der Waals surface area contributed by atoms with Gasteiger partial charge in [-0.1, -0.05) is 17.2 Å². The third-order valence-electron chi connectivity index (χ3n) is 3.51. The quantitative estimate of drug-likeness (QED) is 0.835. The molecule has 21 heavy (non-hydrogen) atoms. The number of rotatable bonds is 4. The molecule has 7 nitrogen and oxygen atoms in total. The second-order valence-electron chi connectivity index (χ2n) is 4.94. The number of anilines is 1. The highest BCUT2D eigenvalue weighted by Crippen LogP contribution is 2.15. The van der Waals surface area contributed by atoms with Crippen LogP contribution in [0.4, 0.5) is 5.95 Å². The van der Waals surface area contributed by atoms with Crippen LogP contribution in [-0.4, -0.2) is 53.6 Å². The van der Waals surface area contributed by atoms with Gasteiger partial charge in [0.2, 0.25) is 5.95 Å². The molecule has 0 bridgehead atoms. The molecule has 7 heteroatoms. The Kier molecular flexibility index (Phi) is 4.30. The predicted molar refractivity (Wildman–Crippen MR) is 77.6 cm³/mol. The van der Waals surface area contributed by atoms with Crippen LogP contribution in [0.1, 0.15) is 12.0 Å². The van der Waals surface area contributed by atoms with Crippen molar-refractivity contribution in [2.24, 2.45) is 0 Å². The first-order chi connectivity index (χ1) is 10.4. The molecule has 1 aliphatic heterocycles. The second-order valence-corrected chi connectivity index (χ2v) is 4.94. The molecule has 1 saturated heterocycles. The Bertz CT molecular complexity index is 561. The van der Waals surface area contributed by atoms with Gasteiger partial charge in [-0.05, 0) is 34.5 Å². The Morgan fingerprint density at radius 1 is 1.19 bits per heavy atom. The summed E-state index contributed by atoms with van der Waals surface area (Å²) >= 11 is 0. The molecule has 0 radical (unpaired) electrons. The van der Waals surface area contributed by atoms with Crippen LogP contribution in [0.2, 0.25) is 0 Å². The molecule has 1 fully saturated rings. The van der Waals surface area contributed by atoms with Crippen molar-refractivity contribution in [2.45, 2.75) is 13.0 Å². The minimum atomic E-state index is 0.643. The van der Waals surface area contributed by atoms with Crippen LogP contribution < -0.4 is 9.64 Å². The number of hydrogen-bond donors (Lipinski definition) is 0. The number of aromatic nitrogens is 4. The number of nitrogens with zero attached hydrogens (tertiary/aromatic N) is 5. The lowest BCUT2D eigenvalue weighted by Crippen LogP contribution is -2.29. The lowest BCUT2D eigenvalue weighted by Gasteiger charge is -2.19. The van der Waals surface area contributed by atoms with E-state index in [0.717, 1.165) is 50.0 Å². The second kappa shape index (κ2) is 6.53. The highest BCUT2D eigenvalue weighted by Gasteiger charge is 2.17. The lowest BCUT2D eigenvalue weighted by atomic mass is 10.2. The summed E-state index contributed by atoms with van der Waals surface area (Å²) in [5.74, 6) is 1.65. The van der Waals surface area contributed by atoms with Crippen LogP contribution in [0.25, 0.3) is 0 Å². The first kappa shape index (κ1) is 13.8. The average molecular weight is 289 g/mol. The van der Waals surface area contributed by atoms with Gasteiger partial charge in [-0.15, -0.1) is 0 Å². The molecule has 0 atom stereocenters. The van der Waals surface area contributed by atoms with Crippen LogP contribution in [0.3, 0.4) is 0 Å². The Balaban J connectivity index is 1.74. The van der Waals surface area contributed by atoms with E-state index in [2.05, 4.69) is 20.4 Å². The van der Waals surface area contributed by atoms with Gasteiger partial charge in [0.05, 0.1) is 20.3 Å².